The molecule has 2 amide bonds. The van der Waals surface area contributed by atoms with Crippen molar-refractivity contribution in [3.8, 4) is 11.5 Å². The summed E-state index contributed by atoms with van der Waals surface area (Å²) >= 11 is 0. The third-order valence-electron chi connectivity index (χ3n) is 7.73. The van der Waals surface area contributed by atoms with E-state index in [1.807, 2.05) is 0 Å². The van der Waals surface area contributed by atoms with E-state index >= 15 is 0 Å². The van der Waals surface area contributed by atoms with Crippen LogP contribution in [-0.2, 0) is 27.9 Å². The molecule has 1 aromatic carbocycles. The van der Waals surface area contributed by atoms with Crippen LogP contribution in [0.4, 0.5) is 13.2 Å². The van der Waals surface area contributed by atoms with Crippen molar-refractivity contribution in [2.45, 2.75) is 50.7 Å². The van der Waals surface area contributed by atoms with Crippen LogP contribution in [0.1, 0.15) is 45.7 Å². The molecular formula is C23H20F3N3O8S. The normalized spacial score (nSPS) is 26.9. The first-order valence-corrected chi connectivity index (χ1v) is 13.4. The number of halogens is 3. The number of aromatic nitrogens is 1. The highest BCUT2D eigenvalue weighted by molar-refractivity contribution is 7.86. The van der Waals surface area contributed by atoms with E-state index in [4.69, 9.17) is 4.74 Å². The molecule has 4 atom stereocenters. The molecule has 2 N–H and O–H groups in total. The van der Waals surface area contributed by atoms with Crippen LogP contribution in [0.25, 0.3) is 0 Å². The Bertz CT molecular complexity index is 1610. The van der Waals surface area contributed by atoms with Gasteiger partial charge in [0, 0.05) is 35.8 Å². The van der Waals surface area contributed by atoms with Gasteiger partial charge in [-0.3, -0.25) is 14.4 Å². The van der Waals surface area contributed by atoms with Crippen molar-refractivity contribution in [2.24, 2.45) is 5.41 Å². The van der Waals surface area contributed by atoms with Crippen LogP contribution in [0.2, 0.25) is 0 Å². The van der Waals surface area contributed by atoms with Gasteiger partial charge in [0.25, 0.3) is 11.8 Å². The van der Waals surface area contributed by atoms with Crippen LogP contribution in [-0.4, -0.2) is 59.4 Å². The third-order valence-corrected chi connectivity index (χ3v) is 8.20. The number of carbonyl (C=O) groups excluding carboxylic acids is 2. The maximum atomic E-state index is 14.7. The highest BCUT2D eigenvalue weighted by atomic mass is 32.2. The summed E-state index contributed by atoms with van der Waals surface area (Å²) in [6.07, 6.45) is 3.56. The summed E-state index contributed by atoms with van der Waals surface area (Å²) in [5.74, 6) is -8.85. The molecule has 11 nitrogen and oxygen atoms in total. The Kier molecular flexibility index (Phi) is 5.18. The number of fused-ring (bicyclic) bond motifs is 3. The second-order valence-electron chi connectivity index (χ2n) is 9.94. The van der Waals surface area contributed by atoms with Crippen LogP contribution in [0, 0.1) is 22.9 Å². The molecule has 3 fully saturated rings. The zero-order valence-electron chi connectivity index (χ0n) is 19.7. The van der Waals surface area contributed by atoms with E-state index in [2.05, 4.69) is 9.50 Å². The molecule has 0 radical (unpaired) electrons. The number of hydrogen-bond donors (Lipinski definition) is 2. The van der Waals surface area contributed by atoms with Crippen molar-refractivity contribution in [2.75, 3.05) is 6.26 Å². The zero-order valence-corrected chi connectivity index (χ0v) is 20.5. The highest BCUT2D eigenvalue weighted by Crippen LogP contribution is 2.67. The van der Waals surface area contributed by atoms with Gasteiger partial charge >= 0.3 is 10.1 Å². The number of ether oxygens (including phenoxy) is 1. The van der Waals surface area contributed by atoms with Crippen molar-refractivity contribution in [1.82, 2.24) is 14.8 Å². The number of carbonyl (C=O) groups is 2. The summed E-state index contributed by atoms with van der Waals surface area (Å²) in [6.45, 7) is -0.881. The maximum absolute atomic E-state index is 14.7. The lowest BCUT2D eigenvalue weighted by Crippen LogP contribution is -2.61. The van der Waals surface area contributed by atoms with Gasteiger partial charge in [0.15, 0.2) is 29.3 Å². The lowest BCUT2D eigenvalue weighted by molar-refractivity contribution is -0.196. The summed E-state index contributed by atoms with van der Waals surface area (Å²) in [6, 6.07) is 0.152. The number of hydrogen-bond acceptors (Lipinski definition) is 8. The largest absolute Gasteiger partial charge is 0.503 e. The van der Waals surface area contributed by atoms with Gasteiger partial charge in [0.1, 0.15) is 11.4 Å². The van der Waals surface area contributed by atoms with Gasteiger partial charge in [-0.05, 0) is 19.3 Å². The van der Waals surface area contributed by atoms with Crippen molar-refractivity contribution < 1.29 is 45.2 Å². The lowest BCUT2D eigenvalue weighted by Gasteiger charge is -2.50. The van der Waals surface area contributed by atoms with Crippen LogP contribution in [0.5, 0.6) is 11.5 Å². The summed E-state index contributed by atoms with van der Waals surface area (Å²) in [7, 11) is -4.37. The van der Waals surface area contributed by atoms with Gasteiger partial charge in [-0.2, -0.15) is 8.42 Å². The quantitative estimate of drug-likeness (QED) is 0.520. The molecule has 1 spiro atoms. The Morgan fingerprint density at radius 2 is 2.03 bits per heavy atom. The fourth-order valence-electron chi connectivity index (χ4n) is 5.72. The molecule has 4 aliphatic rings. The Morgan fingerprint density at radius 1 is 1.29 bits per heavy atom. The number of amides is 2. The molecule has 1 unspecified atom stereocenters. The molecule has 2 aliphatic heterocycles. The first kappa shape index (κ1) is 24.7. The molecule has 2 aliphatic carbocycles. The minimum Gasteiger partial charge on any atom is -0.503 e. The average Bonchev–Trinajstić information content (AvgIpc) is 3.58. The predicted octanol–water partition coefficient (Wildman–Crippen LogP) is 0.973. The monoisotopic (exact) mass is 555 g/mol. The van der Waals surface area contributed by atoms with Gasteiger partial charge in [0.2, 0.25) is 11.2 Å². The van der Waals surface area contributed by atoms with E-state index in [9.17, 15) is 41.1 Å². The second kappa shape index (κ2) is 7.96. The predicted molar refractivity (Wildman–Crippen MR) is 120 cm³/mol. The number of nitrogens with zero attached hydrogens (tertiary/aromatic N) is 2. The van der Waals surface area contributed by atoms with Gasteiger partial charge in [-0.1, -0.05) is 0 Å². The summed E-state index contributed by atoms with van der Waals surface area (Å²) < 4.78 is 76.9. The summed E-state index contributed by atoms with van der Waals surface area (Å²) in [5.41, 5.74) is -3.07. The number of aromatic hydroxyl groups is 1. The van der Waals surface area contributed by atoms with Gasteiger partial charge in [-0.15, -0.1) is 0 Å². The molecule has 202 valence electrons. The fraction of sp³-hybridized carbons (Fsp3) is 0.435. The second-order valence-corrected chi connectivity index (χ2v) is 11.5. The maximum Gasteiger partial charge on any atom is 0.306 e. The Balaban J connectivity index is 1.27. The molecule has 0 bridgehead atoms. The third kappa shape index (κ3) is 3.51. The standard InChI is InChI=1S/C23H20F3N3O8S/c1-38(34,35)37-20-12(25)4-11(24)9(16(20)26)6-27-21(32)10-7-28-8-15-29(22(33)17(28)19(31)18(10)30)13-5-23(13)3-2-14(23)36-15/h4,7,13-15,31H,2-3,5-6,8H2,1H3,(H,27,32)/t13-,14-,15-,23?/m1/s1. The number of nitrogens with one attached hydrogen (secondary N) is 1. The molecular weight excluding hydrogens is 535 g/mol. The SMILES string of the molecule is CS(=O)(=O)Oc1c(F)cc(F)c(CNC(=O)c2cn3c(c(O)c2=O)C(=O)N2[C@@H](C3)O[C@@H]3CCC34C[C@@H]24)c1F. The minimum absolute atomic E-state index is 0.0240. The molecule has 3 heterocycles. The van der Waals surface area contributed by atoms with E-state index < -0.39 is 80.2 Å². The molecule has 1 saturated heterocycles. The molecule has 38 heavy (non-hydrogen) atoms. The van der Waals surface area contributed by atoms with E-state index in [0.29, 0.717) is 6.26 Å². The first-order valence-electron chi connectivity index (χ1n) is 11.6. The highest BCUT2D eigenvalue weighted by Gasteiger charge is 2.72. The Labute approximate surface area is 212 Å². The number of rotatable bonds is 5. The lowest BCUT2D eigenvalue weighted by atomic mass is 9.76. The van der Waals surface area contributed by atoms with E-state index in [0.717, 1.165) is 25.5 Å². The van der Waals surface area contributed by atoms with Gasteiger partial charge in [-0.25, -0.2) is 13.2 Å². The van der Waals surface area contributed by atoms with Crippen LogP contribution < -0.4 is 14.9 Å². The van der Waals surface area contributed by atoms with E-state index in [-0.39, 0.29) is 35.9 Å². The average molecular weight is 555 g/mol. The molecule has 2 aromatic rings. The topological polar surface area (TPSA) is 144 Å². The fourth-order valence-corrected chi connectivity index (χ4v) is 6.18. The first-order chi connectivity index (χ1) is 17.8. The van der Waals surface area contributed by atoms with Crippen LogP contribution >= 0.6 is 0 Å². The molecule has 2 saturated carbocycles. The van der Waals surface area contributed by atoms with Crippen LogP contribution in [0.3, 0.4) is 0 Å². The molecule has 6 rings (SSSR count). The van der Waals surface area contributed by atoms with E-state index in [1.54, 1.807) is 4.90 Å². The summed E-state index contributed by atoms with van der Waals surface area (Å²) in [4.78, 5) is 40.4. The van der Waals surface area contributed by atoms with Crippen molar-refractivity contribution in [1.29, 1.82) is 0 Å². The van der Waals surface area contributed by atoms with Gasteiger partial charge in [0.05, 0.1) is 18.9 Å². The van der Waals surface area contributed by atoms with Gasteiger partial charge < -0.3 is 28.8 Å². The van der Waals surface area contributed by atoms with Crippen LogP contribution in [0.15, 0.2) is 17.1 Å². The molecule has 1 aromatic heterocycles. The Morgan fingerprint density at radius 3 is 2.68 bits per heavy atom. The minimum atomic E-state index is -4.37. The number of pyridine rings is 1. The van der Waals surface area contributed by atoms with Crippen molar-refractivity contribution in [3.63, 3.8) is 0 Å². The number of benzene rings is 1. The summed E-state index contributed by atoms with van der Waals surface area (Å²) in [5, 5.41) is 12.7. The van der Waals surface area contributed by atoms with E-state index in [1.165, 1.54) is 4.57 Å². The zero-order chi connectivity index (χ0) is 27.3. The Hall–Kier alpha value is -3.59. The van der Waals surface area contributed by atoms with Crippen molar-refractivity contribution >= 4 is 21.9 Å². The molecule has 15 heteroatoms. The smallest absolute Gasteiger partial charge is 0.306 e. The van der Waals surface area contributed by atoms with Crippen molar-refractivity contribution in [3.05, 3.63) is 56.8 Å².